The van der Waals surface area contributed by atoms with Gasteiger partial charge in [0.15, 0.2) is 0 Å². The topological polar surface area (TPSA) is 0 Å². The Morgan fingerprint density at radius 2 is 0.750 bits per heavy atom. The van der Waals surface area contributed by atoms with Crippen LogP contribution in [0, 0.1) is 0 Å². The summed E-state index contributed by atoms with van der Waals surface area (Å²) >= 11 is 3.50. The quantitative estimate of drug-likeness (QED) is 0.475. The monoisotopic (exact) mass is 464 g/mol. The molecular formula is Au2Cl2. The minimum atomic E-state index is 1.75. The van der Waals surface area contributed by atoms with Gasteiger partial charge in [0, 0.05) is 0 Å². The molecule has 0 nitrogen and oxygen atoms in total. The van der Waals surface area contributed by atoms with Crippen molar-refractivity contribution >= 4 is 18.4 Å². The standard InChI is InChI=1S/2Au.2ClH/h;;2*1H/q2*+1;;/p-2. The van der Waals surface area contributed by atoms with Crippen LogP contribution in [0.4, 0.5) is 0 Å². The van der Waals surface area contributed by atoms with E-state index in [1.165, 1.54) is 0 Å². The summed E-state index contributed by atoms with van der Waals surface area (Å²) in [6, 6.07) is 0. The predicted molar refractivity (Wildman–Crippen MR) is 11.7 cm³/mol. The molecule has 0 unspecified atom stereocenters. The Morgan fingerprint density at radius 1 is 0.750 bits per heavy atom. The molecule has 4 heavy (non-hydrogen) atoms. The molecule has 0 radical (unpaired) electrons. The summed E-state index contributed by atoms with van der Waals surface area (Å²) in [5.74, 6) is 0. The molecule has 36 valence electrons. The van der Waals surface area contributed by atoms with Gasteiger partial charge in [0.1, 0.15) is 0 Å². The molecule has 0 saturated heterocycles. The van der Waals surface area contributed by atoms with Crippen LogP contribution in [0.5, 0.6) is 0 Å². The third-order valence-electron chi connectivity index (χ3n) is 0. The van der Waals surface area contributed by atoms with Crippen LogP contribution in [0.3, 0.4) is 0 Å². The maximum absolute atomic E-state index is 4.58. The molecule has 0 saturated carbocycles. The zero-order valence-corrected chi connectivity index (χ0v) is 7.20. The summed E-state index contributed by atoms with van der Waals surface area (Å²) in [6.45, 7) is 0. The number of hydrogen-bond donors (Lipinski definition) is 0. The third kappa shape index (κ3) is 8.96. The Morgan fingerprint density at radius 3 is 0.750 bits per heavy atom. The van der Waals surface area contributed by atoms with Crippen molar-refractivity contribution in [2.45, 2.75) is 0 Å². The maximum atomic E-state index is 4.58. The van der Waals surface area contributed by atoms with Gasteiger partial charge in [0.05, 0.1) is 0 Å². The van der Waals surface area contributed by atoms with E-state index in [0.29, 0.717) is 0 Å². The van der Waals surface area contributed by atoms with E-state index >= 15 is 0 Å². The van der Waals surface area contributed by atoms with Gasteiger partial charge in [-0.05, 0) is 0 Å². The molecule has 0 spiro atoms. The van der Waals surface area contributed by atoms with E-state index in [-0.39, 0.29) is 0 Å². The molecule has 0 aromatic carbocycles. The van der Waals surface area contributed by atoms with Gasteiger partial charge in [-0.2, -0.15) is 0 Å². The molecule has 0 bridgehead atoms. The molecule has 0 aliphatic heterocycles. The van der Waals surface area contributed by atoms with Gasteiger partial charge >= 0.3 is 58.4 Å². The zero-order chi connectivity index (χ0) is 4.00. The van der Waals surface area contributed by atoms with Crippen molar-refractivity contribution in [3.63, 3.8) is 0 Å². The third-order valence-corrected chi connectivity index (χ3v) is 0. The van der Waals surface area contributed by atoms with E-state index in [4.69, 9.17) is 0 Å². The molecular weight excluding hydrogens is 465 g/mol. The van der Waals surface area contributed by atoms with Gasteiger partial charge in [0.2, 0.25) is 0 Å². The normalized spacial score (nSPS) is 3.50. The predicted octanol–water partition coefficient (Wildman–Crippen LogP) is 1.37. The van der Waals surface area contributed by atoms with Gasteiger partial charge in [-0.3, -0.25) is 0 Å². The average Bonchev–Trinajstić information content (AvgIpc) is 1.50. The van der Waals surface area contributed by atoms with Crippen LogP contribution in [-0.2, 0) is 40.0 Å². The molecule has 0 rings (SSSR count). The summed E-state index contributed by atoms with van der Waals surface area (Å²) in [4.78, 5) is 0. The molecule has 0 aromatic heterocycles. The summed E-state index contributed by atoms with van der Waals surface area (Å²) < 4.78 is 0. The van der Waals surface area contributed by atoms with E-state index in [1.54, 1.807) is 40.0 Å². The van der Waals surface area contributed by atoms with Crippen molar-refractivity contribution in [3.05, 3.63) is 0 Å². The van der Waals surface area contributed by atoms with Crippen molar-refractivity contribution in [2.75, 3.05) is 0 Å². The number of rotatable bonds is 0. The number of hydrogen-bond acceptors (Lipinski definition) is 0. The molecule has 0 atom stereocenters. The Hall–Kier alpha value is 2.06. The Bertz CT molecular complexity index is 4.00. The van der Waals surface area contributed by atoms with Crippen LogP contribution in [-0.4, -0.2) is 0 Å². The molecule has 0 aliphatic carbocycles. The first-order valence-electron chi connectivity index (χ1n) is 0.228. The molecule has 4 heteroatoms. The van der Waals surface area contributed by atoms with Crippen molar-refractivity contribution in [1.29, 1.82) is 0 Å². The first-order chi connectivity index (χ1) is 2.00. The van der Waals surface area contributed by atoms with Crippen molar-refractivity contribution < 1.29 is 40.0 Å². The Balaban J connectivity index is 0. The minimum absolute atomic E-state index is 1.75. The zero-order valence-electron chi connectivity index (χ0n) is 1.36. The summed E-state index contributed by atoms with van der Waals surface area (Å²) in [7, 11) is 9.17. The van der Waals surface area contributed by atoms with Crippen LogP contribution < -0.4 is 0 Å². The van der Waals surface area contributed by atoms with Gasteiger partial charge < -0.3 is 0 Å². The number of halogens is 2. The molecule has 0 N–H and O–H groups in total. The van der Waals surface area contributed by atoms with Crippen LogP contribution in [0.1, 0.15) is 0 Å². The fourth-order valence-electron chi connectivity index (χ4n) is 0. The molecule has 0 aliphatic rings. The van der Waals surface area contributed by atoms with Crippen molar-refractivity contribution in [2.24, 2.45) is 0 Å². The van der Waals surface area contributed by atoms with E-state index in [9.17, 15) is 0 Å². The second kappa shape index (κ2) is 19.7. The van der Waals surface area contributed by atoms with Gasteiger partial charge in [0.25, 0.3) is 0 Å². The first kappa shape index (κ1) is 9.41. The van der Waals surface area contributed by atoms with E-state index < -0.39 is 0 Å². The fourth-order valence-corrected chi connectivity index (χ4v) is 0. The van der Waals surface area contributed by atoms with E-state index in [1.807, 2.05) is 0 Å². The van der Waals surface area contributed by atoms with E-state index in [0.717, 1.165) is 0 Å². The second-order valence-electron chi connectivity index (χ2n) is 0. The van der Waals surface area contributed by atoms with Gasteiger partial charge in [-0.15, -0.1) is 0 Å². The summed E-state index contributed by atoms with van der Waals surface area (Å²) in [6.07, 6.45) is 0. The molecule has 0 heterocycles. The van der Waals surface area contributed by atoms with Gasteiger partial charge in [-0.1, -0.05) is 0 Å². The molecule has 0 aromatic rings. The second-order valence-corrected chi connectivity index (χ2v) is 0. The van der Waals surface area contributed by atoms with Crippen LogP contribution in [0.2, 0.25) is 0 Å². The Labute approximate surface area is 57.7 Å². The fraction of sp³-hybridized carbons (Fsp3) is 0. The molecule has 0 fully saturated rings. The van der Waals surface area contributed by atoms with Crippen molar-refractivity contribution in [3.8, 4) is 0 Å². The van der Waals surface area contributed by atoms with E-state index in [2.05, 4.69) is 18.4 Å². The average molecular weight is 465 g/mol. The SMILES string of the molecule is [Cl][Au].[Cl][Au]. The van der Waals surface area contributed by atoms with Crippen LogP contribution in [0.25, 0.3) is 0 Å². The first-order valence-corrected chi connectivity index (χ1v) is 5.60. The summed E-state index contributed by atoms with van der Waals surface area (Å²) in [5, 5.41) is 0. The Kier molecular flexibility index (Phi) is 46.2. The van der Waals surface area contributed by atoms with Crippen LogP contribution >= 0.6 is 18.4 Å². The van der Waals surface area contributed by atoms with Crippen LogP contribution in [0.15, 0.2) is 0 Å². The van der Waals surface area contributed by atoms with Gasteiger partial charge in [-0.25, -0.2) is 0 Å². The summed E-state index contributed by atoms with van der Waals surface area (Å²) in [5.41, 5.74) is 0. The van der Waals surface area contributed by atoms with Crippen molar-refractivity contribution in [1.82, 2.24) is 0 Å². The molecule has 0 amide bonds.